The van der Waals surface area contributed by atoms with Crippen LogP contribution in [0.1, 0.15) is 51.3 Å². The van der Waals surface area contributed by atoms with Crippen LogP contribution in [0.25, 0.3) is 0 Å². The van der Waals surface area contributed by atoms with E-state index in [4.69, 9.17) is 4.74 Å². The maximum atomic E-state index is 15.4. The fourth-order valence-electron chi connectivity index (χ4n) is 4.21. The highest BCUT2D eigenvalue weighted by Crippen LogP contribution is 2.34. The van der Waals surface area contributed by atoms with E-state index in [2.05, 4.69) is 15.2 Å². The SMILES string of the molecule is CC(c1cccc(F)c1CNc1cc(F)c(N(C(=O)OC(C)(C)C)C2=C[S@@](=S(=O)=O)C=N2)c(F)c1)N1CCC1. The van der Waals surface area contributed by atoms with Crippen LogP contribution in [0.5, 0.6) is 0 Å². The zero-order valence-electron chi connectivity index (χ0n) is 21.9. The molecule has 0 saturated carbocycles. The number of hydrogen-bond donors (Lipinski definition) is 1. The van der Waals surface area contributed by atoms with Gasteiger partial charge in [0.05, 0.1) is 5.55 Å². The molecular weight excluding hydrogens is 553 g/mol. The quantitative estimate of drug-likeness (QED) is 0.465. The van der Waals surface area contributed by atoms with E-state index in [-0.39, 0.29) is 24.1 Å². The maximum absolute atomic E-state index is 15.4. The molecule has 4 rings (SSSR count). The molecule has 1 amide bonds. The number of likely N-dealkylation sites (tertiary alicyclic amines) is 1. The number of nitrogens with one attached hydrogen (secondary N) is 1. The van der Waals surface area contributed by atoms with Crippen molar-refractivity contribution in [2.45, 2.75) is 52.3 Å². The molecule has 13 heteroatoms. The van der Waals surface area contributed by atoms with E-state index in [0.29, 0.717) is 10.5 Å². The van der Waals surface area contributed by atoms with Gasteiger partial charge in [-0.3, -0.25) is 4.90 Å². The van der Waals surface area contributed by atoms with Crippen LogP contribution < -0.4 is 10.2 Å². The first-order chi connectivity index (χ1) is 18.4. The molecule has 2 aromatic rings. The van der Waals surface area contributed by atoms with Crippen LogP contribution in [0.15, 0.2) is 46.6 Å². The molecule has 8 nitrogen and oxygen atoms in total. The summed E-state index contributed by atoms with van der Waals surface area (Å²) in [6.07, 6.45) is -0.0567. The molecule has 2 aliphatic heterocycles. The summed E-state index contributed by atoms with van der Waals surface area (Å²) in [4.78, 5) is 19.7. The van der Waals surface area contributed by atoms with E-state index >= 15 is 8.78 Å². The van der Waals surface area contributed by atoms with Gasteiger partial charge in [0.25, 0.3) is 0 Å². The first-order valence-corrected chi connectivity index (χ1v) is 15.1. The van der Waals surface area contributed by atoms with Gasteiger partial charge in [0, 0.05) is 38.7 Å². The molecule has 1 saturated heterocycles. The number of rotatable bonds is 7. The summed E-state index contributed by atoms with van der Waals surface area (Å²) in [7, 11) is -4.04. The van der Waals surface area contributed by atoms with Crippen LogP contribution in [0, 0.1) is 17.5 Å². The van der Waals surface area contributed by atoms with E-state index in [1.54, 1.807) is 26.8 Å². The number of amides is 1. The predicted octanol–water partition coefficient (Wildman–Crippen LogP) is 5.48. The highest BCUT2D eigenvalue weighted by molar-refractivity contribution is 8.42. The Morgan fingerprint density at radius 1 is 1.18 bits per heavy atom. The van der Waals surface area contributed by atoms with Crippen molar-refractivity contribution in [3.8, 4) is 0 Å². The number of hydrogen-bond acceptors (Lipinski definition) is 7. The van der Waals surface area contributed by atoms with Gasteiger partial charge in [-0.05, 0) is 71.0 Å². The second kappa shape index (κ2) is 11.5. The summed E-state index contributed by atoms with van der Waals surface area (Å²) >= 11 is 0. The van der Waals surface area contributed by atoms with Crippen LogP contribution in [0.3, 0.4) is 0 Å². The number of carbonyl (C=O) groups excluding carboxylic acids is 1. The third-order valence-corrected chi connectivity index (χ3v) is 8.79. The average Bonchev–Trinajstić information content (AvgIpc) is 3.28. The van der Waals surface area contributed by atoms with Crippen molar-refractivity contribution in [1.29, 1.82) is 0 Å². The van der Waals surface area contributed by atoms with Crippen LogP contribution in [-0.2, 0) is 30.0 Å². The second-order valence-electron chi connectivity index (χ2n) is 10.1. The Hall–Kier alpha value is -3.16. The molecule has 210 valence electrons. The molecule has 1 fully saturated rings. The largest absolute Gasteiger partial charge is 0.443 e. The number of nitrogens with zero attached hydrogens (tertiary/aromatic N) is 3. The predicted molar refractivity (Wildman–Crippen MR) is 146 cm³/mol. The normalized spacial score (nSPS) is 17.8. The topological polar surface area (TPSA) is 91.3 Å². The van der Waals surface area contributed by atoms with E-state index in [1.165, 1.54) is 6.07 Å². The number of benzene rings is 2. The Morgan fingerprint density at radius 3 is 2.38 bits per heavy atom. The van der Waals surface area contributed by atoms with Gasteiger partial charge in [0.2, 0.25) is 9.26 Å². The standard InChI is InChI=1S/C26H29F3N4O4S2/c1-16(32-9-6-10-32)18-7-5-8-20(27)19(18)13-30-17-11-21(28)24(22(29)12-17)33(25(34)37-26(2,3)4)23-14-38(15-31-23)39(35)36/h5,7-8,11-12,14-16,30H,6,9-10,13H2,1-4H3/t16?,38-/m1/s1. The van der Waals surface area contributed by atoms with Crippen LogP contribution in [-0.4, -0.2) is 43.6 Å². The molecule has 2 aromatic carbocycles. The molecule has 2 atom stereocenters. The van der Waals surface area contributed by atoms with Gasteiger partial charge >= 0.3 is 6.09 Å². The summed E-state index contributed by atoms with van der Waals surface area (Å²) in [5.41, 5.74) is 0.467. The Bertz CT molecular complexity index is 1470. The zero-order chi connectivity index (χ0) is 28.5. The molecule has 1 N–H and O–H groups in total. The Balaban J connectivity index is 1.65. The molecule has 2 heterocycles. The molecule has 0 aromatic heterocycles. The third kappa shape index (κ3) is 6.53. The maximum Gasteiger partial charge on any atom is 0.420 e. The third-order valence-electron chi connectivity index (χ3n) is 6.23. The van der Waals surface area contributed by atoms with Crippen molar-refractivity contribution < 1.29 is 31.1 Å². The Labute approximate surface area is 228 Å². The van der Waals surface area contributed by atoms with Gasteiger partial charge in [0.1, 0.15) is 17.1 Å². The molecule has 0 aliphatic carbocycles. The fourth-order valence-corrected chi connectivity index (χ4v) is 5.84. The van der Waals surface area contributed by atoms with Gasteiger partial charge < -0.3 is 10.1 Å². The van der Waals surface area contributed by atoms with Crippen LogP contribution in [0.4, 0.5) is 29.3 Å². The van der Waals surface area contributed by atoms with Gasteiger partial charge in [-0.15, -0.1) is 0 Å². The second-order valence-corrected chi connectivity index (χ2v) is 13.6. The Kier molecular flexibility index (Phi) is 8.52. The van der Waals surface area contributed by atoms with Crippen molar-refractivity contribution in [1.82, 2.24) is 4.90 Å². The smallest absolute Gasteiger partial charge is 0.420 e. The highest BCUT2D eigenvalue weighted by Gasteiger charge is 2.33. The first kappa shape index (κ1) is 28.8. The van der Waals surface area contributed by atoms with E-state index < -0.39 is 53.6 Å². The number of halogens is 3. The summed E-state index contributed by atoms with van der Waals surface area (Å²) in [6.45, 7) is 8.53. The Morgan fingerprint density at radius 2 is 1.85 bits per heavy atom. The van der Waals surface area contributed by atoms with Crippen molar-refractivity contribution >= 4 is 41.7 Å². The number of anilines is 2. The highest BCUT2D eigenvalue weighted by atomic mass is 32.9. The van der Waals surface area contributed by atoms with Gasteiger partial charge in [-0.2, -0.15) is 8.42 Å². The molecule has 39 heavy (non-hydrogen) atoms. The van der Waals surface area contributed by atoms with Gasteiger partial charge in [0.15, 0.2) is 17.5 Å². The van der Waals surface area contributed by atoms with Crippen LogP contribution in [0.2, 0.25) is 0 Å². The number of aliphatic imine (C=N–C) groups is 1. The average molecular weight is 583 g/mol. The molecule has 1 unspecified atom stereocenters. The van der Waals surface area contributed by atoms with E-state index in [9.17, 15) is 17.6 Å². The lowest BCUT2D eigenvalue weighted by molar-refractivity contribution is 0.0590. The summed E-state index contributed by atoms with van der Waals surface area (Å²) < 4.78 is 73.7. The lowest BCUT2D eigenvalue weighted by atomic mass is 9.97. The summed E-state index contributed by atoms with van der Waals surface area (Å²) in [5, 5.41) is 3.99. The minimum atomic E-state index is -2.57. The summed E-state index contributed by atoms with van der Waals surface area (Å²) in [5.74, 6) is -2.97. The van der Waals surface area contributed by atoms with Crippen molar-refractivity contribution in [3.05, 3.63) is 70.1 Å². The molecule has 0 bridgehead atoms. The monoisotopic (exact) mass is 582 g/mol. The lowest BCUT2D eigenvalue weighted by Crippen LogP contribution is -2.39. The summed E-state index contributed by atoms with van der Waals surface area (Å²) in [6, 6.07) is 6.74. The van der Waals surface area contributed by atoms with Crippen LogP contribution >= 0.6 is 0 Å². The van der Waals surface area contributed by atoms with Crippen molar-refractivity contribution in [3.63, 3.8) is 0 Å². The first-order valence-electron chi connectivity index (χ1n) is 12.2. The minimum absolute atomic E-state index is 0.0160. The van der Waals surface area contributed by atoms with E-state index in [1.807, 2.05) is 13.0 Å². The van der Waals surface area contributed by atoms with E-state index in [0.717, 1.165) is 48.2 Å². The van der Waals surface area contributed by atoms with Gasteiger partial charge in [-0.1, -0.05) is 12.1 Å². The molecule has 2 aliphatic rings. The number of carbonyl (C=O) groups is 1. The molecular formula is C26H29F3N4O4S2. The molecule has 0 spiro atoms. The van der Waals surface area contributed by atoms with Crippen molar-refractivity contribution in [2.75, 3.05) is 23.3 Å². The molecule has 0 radical (unpaired) electrons. The zero-order valence-corrected chi connectivity index (χ0v) is 23.5. The van der Waals surface area contributed by atoms with Gasteiger partial charge in [-0.25, -0.2) is 27.9 Å². The lowest BCUT2D eigenvalue weighted by Gasteiger charge is -2.37. The fraction of sp³-hybridized carbons (Fsp3) is 0.385. The van der Waals surface area contributed by atoms with Crippen molar-refractivity contribution in [2.24, 2.45) is 4.99 Å². The number of ether oxygens (including phenoxy) is 1. The minimum Gasteiger partial charge on any atom is -0.443 e.